The fraction of sp³-hybridized carbons (Fsp3) is 0.650. The summed E-state index contributed by atoms with van der Waals surface area (Å²) < 4.78 is 0. The first-order valence-corrected chi connectivity index (χ1v) is 11.1. The van der Waals surface area contributed by atoms with E-state index in [-0.39, 0.29) is 37.7 Å². The lowest BCUT2D eigenvalue weighted by atomic mass is 10.0. The Morgan fingerprint density at radius 3 is 1.75 bits per heavy atom. The SMILES string of the molecule is CC(C)CC(NC(=O)C(N)CC(N)=O)C(=O)NC(CC(N)=O)C(=O)NC(CCCN=C(N)N)C(=O)O. The van der Waals surface area contributed by atoms with Crippen molar-refractivity contribution in [2.75, 3.05) is 6.54 Å². The maximum atomic E-state index is 12.9. The molecule has 0 spiro atoms. The Morgan fingerprint density at radius 2 is 1.28 bits per heavy atom. The van der Waals surface area contributed by atoms with Crippen molar-refractivity contribution in [3.63, 3.8) is 0 Å². The summed E-state index contributed by atoms with van der Waals surface area (Å²) in [4.78, 5) is 75.7. The summed E-state index contributed by atoms with van der Waals surface area (Å²) in [6.07, 6.45) is -0.793. The number of carbonyl (C=O) groups is 6. The summed E-state index contributed by atoms with van der Waals surface area (Å²) in [5.41, 5.74) is 26.3. The van der Waals surface area contributed by atoms with Gasteiger partial charge in [-0.3, -0.25) is 29.0 Å². The van der Waals surface area contributed by atoms with Gasteiger partial charge >= 0.3 is 5.97 Å². The molecule has 0 aromatic heterocycles. The third-order valence-corrected chi connectivity index (χ3v) is 4.70. The second kappa shape index (κ2) is 15.9. The topological polar surface area (TPSA) is 301 Å². The fourth-order valence-corrected chi connectivity index (χ4v) is 3.01. The Kier molecular flexibility index (Phi) is 14.1. The third kappa shape index (κ3) is 13.7. The van der Waals surface area contributed by atoms with Gasteiger partial charge < -0.3 is 49.7 Å². The van der Waals surface area contributed by atoms with Crippen LogP contribution in [0.4, 0.5) is 0 Å². The molecule has 204 valence electrons. The van der Waals surface area contributed by atoms with Crippen molar-refractivity contribution in [2.24, 2.45) is 39.6 Å². The van der Waals surface area contributed by atoms with Gasteiger partial charge in [0.2, 0.25) is 29.5 Å². The largest absolute Gasteiger partial charge is 0.480 e. The number of carboxylic acids is 1. The van der Waals surface area contributed by atoms with Gasteiger partial charge in [0.05, 0.1) is 18.9 Å². The summed E-state index contributed by atoms with van der Waals surface area (Å²) in [5, 5.41) is 16.4. The van der Waals surface area contributed by atoms with E-state index in [9.17, 15) is 33.9 Å². The van der Waals surface area contributed by atoms with E-state index in [0.29, 0.717) is 0 Å². The average molecular weight is 516 g/mol. The minimum Gasteiger partial charge on any atom is -0.480 e. The Hall–Kier alpha value is -3.95. The molecule has 4 atom stereocenters. The summed E-state index contributed by atoms with van der Waals surface area (Å²) in [6, 6.07) is -5.38. The first-order chi connectivity index (χ1) is 16.6. The van der Waals surface area contributed by atoms with Gasteiger partial charge in [0, 0.05) is 6.54 Å². The van der Waals surface area contributed by atoms with Crippen molar-refractivity contribution in [2.45, 2.75) is 70.1 Å². The molecule has 0 aromatic rings. The van der Waals surface area contributed by atoms with Gasteiger partial charge in [-0.15, -0.1) is 0 Å². The Bertz CT molecular complexity index is 843. The fourth-order valence-electron chi connectivity index (χ4n) is 3.01. The summed E-state index contributed by atoms with van der Waals surface area (Å²) in [6.45, 7) is 3.66. The van der Waals surface area contributed by atoms with Crippen LogP contribution >= 0.6 is 0 Å². The molecule has 0 aliphatic rings. The quantitative estimate of drug-likeness (QED) is 0.0509. The van der Waals surface area contributed by atoms with Crippen LogP contribution in [-0.2, 0) is 28.8 Å². The van der Waals surface area contributed by atoms with Crippen molar-refractivity contribution in [1.82, 2.24) is 16.0 Å². The van der Waals surface area contributed by atoms with E-state index in [1.807, 2.05) is 0 Å². The highest BCUT2D eigenvalue weighted by Crippen LogP contribution is 2.08. The molecule has 0 rings (SSSR count). The van der Waals surface area contributed by atoms with Gasteiger partial charge in [0.1, 0.15) is 18.1 Å². The molecule has 36 heavy (non-hydrogen) atoms. The van der Waals surface area contributed by atoms with E-state index in [1.165, 1.54) is 0 Å². The second-order valence-electron chi connectivity index (χ2n) is 8.55. The van der Waals surface area contributed by atoms with Crippen LogP contribution < -0.4 is 44.6 Å². The molecular weight excluding hydrogens is 478 g/mol. The van der Waals surface area contributed by atoms with Crippen LogP contribution in [0.5, 0.6) is 0 Å². The standard InChI is InChI=1S/C20H37N9O7/c1-9(2)6-12(28-16(32)10(21)7-14(22)30)17(33)29-13(8-15(23)31)18(34)27-11(19(35)36)4-3-5-26-20(24)25/h9-13H,3-8,21H2,1-2H3,(H2,22,30)(H2,23,31)(H,27,34)(H,28,32)(H,29,33)(H,35,36)(H4,24,25,26). The molecular formula is C20H37N9O7. The highest BCUT2D eigenvalue weighted by atomic mass is 16.4. The van der Waals surface area contributed by atoms with Crippen LogP contribution in [-0.4, -0.2) is 77.3 Å². The Balaban J connectivity index is 5.50. The maximum Gasteiger partial charge on any atom is 0.326 e. The van der Waals surface area contributed by atoms with E-state index in [2.05, 4.69) is 20.9 Å². The zero-order valence-corrected chi connectivity index (χ0v) is 20.4. The predicted molar refractivity (Wildman–Crippen MR) is 128 cm³/mol. The van der Waals surface area contributed by atoms with E-state index >= 15 is 0 Å². The molecule has 16 nitrogen and oxygen atoms in total. The maximum absolute atomic E-state index is 12.9. The molecule has 4 unspecified atom stereocenters. The lowest BCUT2D eigenvalue weighted by Gasteiger charge is -2.25. The molecule has 0 bridgehead atoms. The number of aliphatic carboxylic acids is 1. The smallest absolute Gasteiger partial charge is 0.326 e. The number of aliphatic imine (C=N–C) groups is 1. The minimum absolute atomic E-state index is 0.0428. The molecule has 14 N–H and O–H groups in total. The van der Waals surface area contributed by atoms with Crippen LogP contribution in [0.1, 0.15) is 46.0 Å². The third-order valence-electron chi connectivity index (χ3n) is 4.70. The van der Waals surface area contributed by atoms with Gasteiger partial charge in [-0.1, -0.05) is 13.8 Å². The normalized spacial score (nSPS) is 14.0. The molecule has 0 saturated carbocycles. The first-order valence-electron chi connectivity index (χ1n) is 11.1. The highest BCUT2D eigenvalue weighted by molar-refractivity contribution is 5.96. The number of hydrogen-bond acceptors (Lipinski definition) is 8. The summed E-state index contributed by atoms with van der Waals surface area (Å²) in [7, 11) is 0. The summed E-state index contributed by atoms with van der Waals surface area (Å²) in [5.74, 6) is -6.02. The zero-order chi connectivity index (χ0) is 28.0. The molecule has 0 aliphatic heterocycles. The Morgan fingerprint density at radius 1 is 0.778 bits per heavy atom. The van der Waals surface area contributed by atoms with Gasteiger partial charge in [-0.05, 0) is 25.2 Å². The molecule has 16 heteroatoms. The lowest BCUT2D eigenvalue weighted by Crippen LogP contribution is -2.58. The molecule has 0 saturated heterocycles. The monoisotopic (exact) mass is 515 g/mol. The average Bonchev–Trinajstić information content (AvgIpc) is 2.73. The van der Waals surface area contributed by atoms with Crippen molar-refractivity contribution >= 4 is 41.5 Å². The van der Waals surface area contributed by atoms with Crippen molar-refractivity contribution in [3.8, 4) is 0 Å². The van der Waals surface area contributed by atoms with Gasteiger partial charge in [0.15, 0.2) is 5.96 Å². The molecule has 0 aromatic carbocycles. The van der Waals surface area contributed by atoms with Gasteiger partial charge in [-0.25, -0.2) is 4.79 Å². The zero-order valence-electron chi connectivity index (χ0n) is 20.4. The van der Waals surface area contributed by atoms with E-state index < -0.39 is 72.5 Å². The molecule has 5 amide bonds. The van der Waals surface area contributed by atoms with Crippen LogP contribution in [0.2, 0.25) is 0 Å². The van der Waals surface area contributed by atoms with Crippen molar-refractivity contribution in [3.05, 3.63) is 0 Å². The highest BCUT2D eigenvalue weighted by Gasteiger charge is 2.31. The lowest BCUT2D eigenvalue weighted by molar-refractivity contribution is -0.142. The number of carboxylic acid groups (broad SMARTS) is 1. The molecule has 0 fully saturated rings. The predicted octanol–water partition coefficient (Wildman–Crippen LogP) is -4.30. The number of hydrogen-bond donors (Lipinski definition) is 9. The minimum atomic E-state index is -1.53. The molecule has 0 aliphatic carbocycles. The van der Waals surface area contributed by atoms with Crippen molar-refractivity contribution in [1.29, 1.82) is 0 Å². The van der Waals surface area contributed by atoms with Crippen LogP contribution in [0, 0.1) is 5.92 Å². The van der Waals surface area contributed by atoms with Gasteiger partial charge in [0.25, 0.3) is 0 Å². The number of carbonyl (C=O) groups excluding carboxylic acids is 5. The number of nitrogens with one attached hydrogen (secondary N) is 3. The number of rotatable bonds is 17. The second-order valence-corrected chi connectivity index (χ2v) is 8.55. The molecule has 0 heterocycles. The van der Waals surface area contributed by atoms with Crippen LogP contribution in [0.15, 0.2) is 4.99 Å². The summed E-state index contributed by atoms with van der Waals surface area (Å²) >= 11 is 0. The van der Waals surface area contributed by atoms with E-state index in [0.717, 1.165) is 0 Å². The number of primary amides is 2. The number of nitrogens with zero attached hydrogens (tertiary/aromatic N) is 1. The molecule has 0 radical (unpaired) electrons. The number of guanidine groups is 1. The van der Waals surface area contributed by atoms with Crippen LogP contribution in [0.3, 0.4) is 0 Å². The number of nitrogens with two attached hydrogens (primary N) is 5. The van der Waals surface area contributed by atoms with Crippen LogP contribution in [0.25, 0.3) is 0 Å². The number of amides is 5. The van der Waals surface area contributed by atoms with Crippen molar-refractivity contribution < 1.29 is 33.9 Å². The van der Waals surface area contributed by atoms with Gasteiger partial charge in [-0.2, -0.15) is 0 Å². The first kappa shape index (κ1) is 32.0. The Labute approximate surface area is 208 Å². The van der Waals surface area contributed by atoms with E-state index in [4.69, 9.17) is 28.7 Å². The van der Waals surface area contributed by atoms with E-state index in [1.54, 1.807) is 13.8 Å².